The normalized spacial score (nSPS) is 25.7. The van der Waals surface area contributed by atoms with Crippen LogP contribution in [0.15, 0.2) is 27.1 Å². The third-order valence-electron chi connectivity index (χ3n) is 6.78. The van der Waals surface area contributed by atoms with E-state index in [0.29, 0.717) is 29.0 Å². The number of nitrogens with two attached hydrogens (primary N) is 1. The summed E-state index contributed by atoms with van der Waals surface area (Å²) in [6.07, 6.45) is 3.99. The van der Waals surface area contributed by atoms with Gasteiger partial charge in [0.05, 0.1) is 11.2 Å². The first-order valence-corrected chi connectivity index (χ1v) is 12.0. The number of aromatic amines is 1. The van der Waals surface area contributed by atoms with E-state index in [0.717, 1.165) is 63.2 Å². The van der Waals surface area contributed by atoms with Crippen molar-refractivity contribution < 1.29 is 4.39 Å². The molecule has 1 aromatic carbocycles. The Labute approximate surface area is 180 Å². The van der Waals surface area contributed by atoms with Crippen LogP contribution >= 0.6 is 23.1 Å². The lowest BCUT2D eigenvalue weighted by Gasteiger charge is -2.25. The molecular formula is C21H21FN6S2. The molecule has 0 aliphatic heterocycles. The number of fused-ring (bicyclic) bond motifs is 5. The van der Waals surface area contributed by atoms with E-state index >= 15 is 0 Å². The van der Waals surface area contributed by atoms with Crippen molar-refractivity contribution in [1.29, 1.82) is 0 Å². The van der Waals surface area contributed by atoms with Crippen molar-refractivity contribution in [2.45, 2.75) is 54.1 Å². The van der Waals surface area contributed by atoms with Crippen LogP contribution in [0.4, 0.5) is 4.39 Å². The van der Waals surface area contributed by atoms with E-state index in [1.54, 1.807) is 17.6 Å². The minimum atomic E-state index is -0.214. The standard InChI is InChI=1S/C21H21FN6S2/c1-2-9-4-12(22)7-14-16-18(13-5-11-3-10(13)6-15(11)23)26-20(27-19(16)25-17(9)14)30-21-28-24-8-29-21/h4,7-8,10-11,13,15H,2-3,5-6,23H2,1H3,(H,25,26,27)/t10-,11-,13?,15-/m1/s1. The fourth-order valence-electron chi connectivity index (χ4n) is 5.47. The highest BCUT2D eigenvalue weighted by Gasteiger charge is 2.46. The van der Waals surface area contributed by atoms with Crippen LogP contribution in [0.2, 0.25) is 0 Å². The number of nitrogens with one attached hydrogen (secondary N) is 1. The minimum Gasteiger partial charge on any atom is -0.339 e. The van der Waals surface area contributed by atoms with Gasteiger partial charge in [-0.1, -0.05) is 18.3 Å². The van der Waals surface area contributed by atoms with Gasteiger partial charge >= 0.3 is 0 Å². The lowest BCUT2D eigenvalue weighted by atomic mass is 9.83. The van der Waals surface area contributed by atoms with Gasteiger partial charge in [-0.2, -0.15) is 0 Å². The van der Waals surface area contributed by atoms with E-state index in [9.17, 15) is 4.39 Å². The number of halogens is 1. The molecule has 9 heteroatoms. The number of hydrogen-bond donors (Lipinski definition) is 2. The molecule has 154 valence electrons. The SMILES string of the molecule is CCc1cc(F)cc2c1[nH]c1nc(Sc3nncs3)nc(C3C[C@H]4C[C@@H]3C[C@H]4N)c12. The van der Waals surface area contributed by atoms with Crippen LogP contribution < -0.4 is 5.73 Å². The van der Waals surface area contributed by atoms with E-state index in [1.165, 1.54) is 23.1 Å². The van der Waals surface area contributed by atoms with Crippen LogP contribution in [0.1, 0.15) is 43.4 Å². The number of rotatable bonds is 4. The molecule has 3 aromatic heterocycles. The second kappa shape index (κ2) is 6.96. The van der Waals surface area contributed by atoms with Crippen LogP contribution in [0.25, 0.3) is 21.9 Å². The molecule has 0 amide bonds. The minimum absolute atomic E-state index is 0.214. The van der Waals surface area contributed by atoms with Crippen LogP contribution in [0.3, 0.4) is 0 Å². The van der Waals surface area contributed by atoms with Gasteiger partial charge in [0.15, 0.2) is 9.50 Å². The molecule has 2 bridgehead atoms. The van der Waals surface area contributed by atoms with Gasteiger partial charge in [0.25, 0.3) is 0 Å². The molecule has 3 N–H and O–H groups in total. The van der Waals surface area contributed by atoms with Crippen LogP contribution in [-0.2, 0) is 6.42 Å². The third-order valence-corrected chi connectivity index (χ3v) is 8.42. The zero-order valence-corrected chi connectivity index (χ0v) is 18.1. The Morgan fingerprint density at radius 1 is 1.23 bits per heavy atom. The molecule has 2 fully saturated rings. The highest BCUT2D eigenvalue weighted by atomic mass is 32.2. The Morgan fingerprint density at radius 2 is 2.13 bits per heavy atom. The molecule has 2 aliphatic carbocycles. The maximum atomic E-state index is 14.4. The number of aromatic nitrogens is 5. The third kappa shape index (κ3) is 2.86. The summed E-state index contributed by atoms with van der Waals surface area (Å²) < 4.78 is 15.3. The first-order chi connectivity index (χ1) is 14.6. The van der Waals surface area contributed by atoms with Crippen LogP contribution in [-0.4, -0.2) is 31.2 Å². The Kier molecular flexibility index (Phi) is 4.33. The largest absolute Gasteiger partial charge is 0.339 e. The number of hydrogen-bond acceptors (Lipinski definition) is 7. The summed E-state index contributed by atoms with van der Waals surface area (Å²) in [7, 11) is 0. The van der Waals surface area contributed by atoms with Crippen LogP contribution in [0.5, 0.6) is 0 Å². The highest BCUT2D eigenvalue weighted by molar-refractivity contribution is 8.00. The summed E-state index contributed by atoms with van der Waals surface area (Å²) in [6.45, 7) is 2.04. The molecule has 0 radical (unpaired) electrons. The second-order valence-corrected chi connectivity index (χ2v) is 10.4. The van der Waals surface area contributed by atoms with Gasteiger partial charge in [-0.05, 0) is 67.0 Å². The average Bonchev–Trinajstić information content (AvgIpc) is 3.50. The summed E-state index contributed by atoms with van der Waals surface area (Å²) in [5.74, 6) is 1.21. The lowest BCUT2D eigenvalue weighted by molar-refractivity contribution is 0.371. The van der Waals surface area contributed by atoms with Gasteiger partial charge in [0, 0.05) is 22.7 Å². The Balaban J connectivity index is 1.58. The predicted molar refractivity (Wildman–Crippen MR) is 116 cm³/mol. The monoisotopic (exact) mass is 440 g/mol. The van der Waals surface area contributed by atoms with Gasteiger partial charge in [0.2, 0.25) is 0 Å². The molecule has 2 saturated carbocycles. The Morgan fingerprint density at radius 3 is 2.83 bits per heavy atom. The van der Waals surface area contributed by atoms with Crippen molar-refractivity contribution in [3.05, 3.63) is 34.7 Å². The molecular weight excluding hydrogens is 419 g/mol. The van der Waals surface area contributed by atoms with Crippen molar-refractivity contribution in [3.63, 3.8) is 0 Å². The zero-order valence-electron chi connectivity index (χ0n) is 16.4. The van der Waals surface area contributed by atoms with Gasteiger partial charge in [-0.15, -0.1) is 10.2 Å². The Hall–Kier alpha value is -2.10. The summed E-state index contributed by atoms with van der Waals surface area (Å²) in [6, 6.07) is 3.53. The fourth-order valence-corrected chi connectivity index (χ4v) is 6.82. The fraction of sp³-hybridized carbons (Fsp3) is 0.429. The van der Waals surface area contributed by atoms with E-state index in [1.807, 2.05) is 6.92 Å². The number of nitrogens with zero attached hydrogens (tertiary/aromatic N) is 4. The molecule has 30 heavy (non-hydrogen) atoms. The van der Waals surface area contributed by atoms with Crippen molar-refractivity contribution in [2.75, 3.05) is 0 Å². The molecule has 4 atom stereocenters. The van der Waals surface area contributed by atoms with E-state index in [-0.39, 0.29) is 5.82 Å². The average molecular weight is 441 g/mol. The maximum absolute atomic E-state index is 14.4. The predicted octanol–water partition coefficient (Wildman–Crippen LogP) is 4.66. The number of aryl methyl sites for hydroxylation is 1. The molecule has 6 nitrogen and oxygen atoms in total. The Bertz CT molecular complexity index is 1250. The second-order valence-electron chi connectivity index (χ2n) is 8.39. The molecule has 6 rings (SSSR count). The molecule has 0 spiro atoms. The summed E-state index contributed by atoms with van der Waals surface area (Å²) >= 11 is 2.90. The van der Waals surface area contributed by atoms with Crippen molar-refractivity contribution in [3.8, 4) is 0 Å². The van der Waals surface area contributed by atoms with Crippen LogP contribution in [0, 0.1) is 17.7 Å². The van der Waals surface area contributed by atoms with Gasteiger partial charge in [-0.3, -0.25) is 0 Å². The van der Waals surface area contributed by atoms with Gasteiger partial charge in [-0.25, -0.2) is 14.4 Å². The van der Waals surface area contributed by atoms with Crippen molar-refractivity contribution in [2.24, 2.45) is 17.6 Å². The van der Waals surface area contributed by atoms with Gasteiger partial charge < -0.3 is 10.7 Å². The zero-order chi connectivity index (χ0) is 20.4. The maximum Gasteiger partial charge on any atom is 0.197 e. The topological polar surface area (TPSA) is 93.4 Å². The smallest absolute Gasteiger partial charge is 0.197 e. The summed E-state index contributed by atoms with van der Waals surface area (Å²) in [5, 5.41) is 10.5. The van der Waals surface area contributed by atoms with E-state index in [2.05, 4.69) is 15.2 Å². The number of H-pyrrole nitrogens is 1. The first-order valence-electron chi connectivity index (χ1n) is 10.3. The summed E-state index contributed by atoms with van der Waals surface area (Å²) in [4.78, 5) is 13.3. The molecule has 2 aliphatic rings. The quantitative estimate of drug-likeness (QED) is 0.449. The molecule has 1 unspecified atom stereocenters. The highest BCUT2D eigenvalue weighted by Crippen LogP contribution is 2.53. The summed E-state index contributed by atoms with van der Waals surface area (Å²) in [5.41, 5.74) is 11.7. The van der Waals surface area contributed by atoms with Gasteiger partial charge in [0.1, 0.15) is 17.0 Å². The lowest BCUT2D eigenvalue weighted by Crippen LogP contribution is -2.29. The molecule has 4 aromatic rings. The molecule has 3 heterocycles. The van der Waals surface area contributed by atoms with Crippen molar-refractivity contribution in [1.82, 2.24) is 25.1 Å². The molecule has 0 saturated heterocycles. The van der Waals surface area contributed by atoms with E-state index < -0.39 is 0 Å². The van der Waals surface area contributed by atoms with Crippen molar-refractivity contribution >= 4 is 45.0 Å². The van der Waals surface area contributed by atoms with E-state index in [4.69, 9.17) is 15.7 Å². The number of benzene rings is 1. The first kappa shape index (κ1) is 18.7.